The lowest BCUT2D eigenvalue weighted by molar-refractivity contribution is 0.0579. The zero-order chi connectivity index (χ0) is 13.7. The minimum absolute atomic E-state index is 0.298. The highest BCUT2D eigenvalue weighted by atomic mass is 16.5. The summed E-state index contributed by atoms with van der Waals surface area (Å²) in [7, 11) is 1.57. The van der Waals surface area contributed by atoms with E-state index in [4.69, 9.17) is 4.74 Å². The van der Waals surface area contributed by atoms with E-state index in [1.54, 1.807) is 7.11 Å². The van der Waals surface area contributed by atoms with Gasteiger partial charge in [-0.1, -0.05) is 30.3 Å². The molecule has 0 radical (unpaired) electrons. The fourth-order valence-electron chi connectivity index (χ4n) is 2.63. The fraction of sp³-hybridized carbons (Fsp3) is 0.533. The molecular weight excluding hydrogens is 240 g/mol. The summed E-state index contributed by atoms with van der Waals surface area (Å²) in [6, 6.07) is 12.7. The van der Waals surface area contributed by atoms with Crippen LogP contribution in [0.3, 0.4) is 0 Å². The lowest BCUT2D eigenvalue weighted by atomic mass is 9.62. The summed E-state index contributed by atoms with van der Waals surface area (Å²) in [6.07, 6.45) is 1.11. The molecule has 0 amide bonds. The van der Waals surface area contributed by atoms with Crippen LogP contribution < -0.4 is 5.32 Å². The Morgan fingerprint density at radius 1 is 1.47 bits per heavy atom. The first-order valence-electron chi connectivity index (χ1n) is 6.57. The van der Waals surface area contributed by atoms with Gasteiger partial charge in [0.15, 0.2) is 0 Å². The van der Waals surface area contributed by atoms with Crippen molar-refractivity contribution in [3.63, 3.8) is 0 Å². The molecule has 4 heteroatoms. The van der Waals surface area contributed by atoms with Gasteiger partial charge in [0.1, 0.15) is 0 Å². The highest BCUT2D eigenvalue weighted by Gasteiger charge is 2.45. The summed E-state index contributed by atoms with van der Waals surface area (Å²) in [5, 5.41) is 22.3. The number of rotatable bonds is 6. The molecule has 2 N–H and O–H groups in total. The van der Waals surface area contributed by atoms with Crippen molar-refractivity contribution in [1.82, 2.24) is 5.32 Å². The molecule has 0 aliphatic heterocycles. The monoisotopic (exact) mass is 260 g/mol. The van der Waals surface area contributed by atoms with E-state index in [0.717, 1.165) is 18.4 Å². The number of nitrogens with one attached hydrogen (secondary N) is 1. The second-order valence-corrected chi connectivity index (χ2v) is 5.18. The summed E-state index contributed by atoms with van der Waals surface area (Å²) in [6.45, 7) is 0.844. The second-order valence-electron chi connectivity index (χ2n) is 5.18. The zero-order valence-corrected chi connectivity index (χ0v) is 11.2. The summed E-state index contributed by atoms with van der Waals surface area (Å²) in [5.74, 6) is 0. The molecule has 0 heterocycles. The third kappa shape index (κ3) is 3.13. The Bertz CT molecular complexity index is 435. The van der Waals surface area contributed by atoms with Crippen LogP contribution in [0.4, 0.5) is 0 Å². The molecule has 2 rings (SSSR count). The molecular formula is C15H20N2O2. The minimum Gasteiger partial charge on any atom is -0.389 e. The number of aliphatic hydroxyl groups is 1. The lowest BCUT2D eigenvalue weighted by Crippen LogP contribution is -2.52. The van der Waals surface area contributed by atoms with E-state index >= 15 is 0 Å². The molecule has 0 unspecified atom stereocenters. The molecule has 1 aliphatic rings. The molecule has 0 saturated heterocycles. The van der Waals surface area contributed by atoms with E-state index < -0.39 is 6.10 Å². The Labute approximate surface area is 114 Å². The van der Waals surface area contributed by atoms with Gasteiger partial charge in [0.05, 0.1) is 24.2 Å². The molecule has 1 aromatic carbocycles. The molecule has 4 nitrogen and oxygen atoms in total. The van der Waals surface area contributed by atoms with E-state index in [0.29, 0.717) is 19.2 Å². The van der Waals surface area contributed by atoms with Gasteiger partial charge in [-0.15, -0.1) is 0 Å². The van der Waals surface area contributed by atoms with Crippen molar-refractivity contribution in [1.29, 1.82) is 5.26 Å². The van der Waals surface area contributed by atoms with Gasteiger partial charge < -0.3 is 15.2 Å². The number of nitrogens with zero attached hydrogens (tertiary/aromatic N) is 1. The number of methoxy groups -OCH3 is 1. The first-order valence-corrected chi connectivity index (χ1v) is 6.57. The average Bonchev–Trinajstić information content (AvgIpc) is 2.39. The van der Waals surface area contributed by atoms with Crippen LogP contribution in [0.1, 0.15) is 18.4 Å². The summed E-state index contributed by atoms with van der Waals surface area (Å²) >= 11 is 0. The fourth-order valence-corrected chi connectivity index (χ4v) is 2.63. The SMILES string of the molecule is COC[C@@H](O)CNC1CC(C#N)(c2ccccc2)C1. The molecule has 0 bridgehead atoms. The quantitative estimate of drug-likeness (QED) is 0.807. The van der Waals surface area contributed by atoms with Gasteiger partial charge in [-0.3, -0.25) is 0 Å². The average molecular weight is 260 g/mol. The molecule has 1 atom stereocenters. The van der Waals surface area contributed by atoms with Gasteiger partial charge in [-0.25, -0.2) is 0 Å². The van der Waals surface area contributed by atoms with Gasteiger partial charge in [0.25, 0.3) is 0 Å². The normalized spacial score (nSPS) is 27.3. The van der Waals surface area contributed by atoms with E-state index in [2.05, 4.69) is 11.4 Å². The Kier molecular flexibility index (Phi) is 4.54. The Morgan fingerprint density at radius 3 is 2.74 bits per heavy atom. The third-order valence-electron chi connectivity index (χ3n) is 3.73. The Morgan fingerprint density at radius 2 is 2.16 bits per heavy atom. The van der Waals surface area contributed by atoms with Crippen LogP contribution in [0.2, 0.25) is 0 Å². The first kappa shape index (κ1) is 14.0. The Balaban J connectivity index is 1.85. The predicted octanol–water partition coefficient (Wildman–Crippen LogP) is 1.21. The maximum Gasteiger partial charge on any atom is 0.0897 e. The van der Waals surface area contributed by atoms with Gasteiger partial charge in [-0.05, 0) is 18.4 Å². The topological polar surface area (TPSA) is 65.3 Å². The zero-order valence-electron chi connectivity index (χ0n) is 11.2. The molecule has 1 saturated carbocycles. The van der Waals surface area contributed by atoms with Gasteiger partial charge >= 0.3 is 0 Å². The number of hydrogen-bond donors (Lipinski definition) is 2. The second kappa shape index (κ2) is 6.16. The third-order valence-corrected chi connectivity index (χ3v) is 3.73. The van der Waals surface area contributed by atoms with Crippen LogP contribution in [0.5, 0.6) is 0 Å². The first-order chi connectivity index (χ1) is 9.20. The van der Waals surface area contributed by atoms with Gasteiger partial charge in [-0.2, -0.15) is 5.26 Å². The highest BCUT2D eigenvalue weighted by Crippen LogP contribution is 2.43. The summed E-state index contributed by atoms with van der Waals surface area (Å²) in [5.41, 5.74) is 0.735. The van der Waals surface area contributed by atoms with Crippen LogP contribution in [-0.4, -0.2) is 37.5 Å². The van der Waals surface area contributed by atoms with Crippen LogP contribution >= 0.6 is 0 Å². The Hall–Kier alpha value is -1.41. The van der Waals surface area contributed by atoms with Crippen LogP contribution in [0.15, 0.2) is 30.3 Å². The molecule has 1 aliphatic carbocycles. The molecule has 1 aromatic rings. The number of aliphatic hydroxyl groups excluding tert-OH is 1. The van der Waals surface area contributed by atoms with Crippen LogP contribution in [0, 0.1) is 11.3 Å². The van der Waals surface area contributed by atoms with Crippen molar-refractivity contribution in [3.05, 3.63) is 35.9 Å². The lowest BCUT2D eigenvalue weighted by Gasteiger charge is -2.43. The summed E-state index contributed by atoms with van der Waals surface area (Å²) in [4.78, 5) is 0. The van der Waals surface area contributed by atoms with Crippen molar-refractivity contribution in [2.75, 3.05) is 20.3 Å². The van der Waals surface area contributed by atoms with E-state index in [-0.39, 0.29) is 5.41 Å². The molecule has 19 heavy (non-hydrogen) atoms. The predicted molar refractivity (Wildman–Crippen MR) is 72.6 cm³/mol. The number of nitriles is 1. The molecule has 1 fully saturated rings. The van der Waals surface area contributed by atoms with Gasteiger partial charge in [0.2, 0.25) is 0 Å². The van der Waals surface area contributed by atoms with Crippen molar-refractivity contribution in [2.24, 2.45) is 0 Å². The molecule has 0 aromatic heterocycles. The maximum atomic E-state index is 9.57. The standard InChI is InChI=1S/C15H20N2O2/c1-19-10-14(18)9-17-13-7-15(8-13,11-16)12-5-3-2-4-6-12/h2-6,13-14,17-18H,7-10H2,1H3/t13?,14-,15?/m0/s1. The largest absolute Gasteiger partial charge is 0.389 e. The van der Waals surface area contributed by atoms with E-state index in [9.17, 15) is 10.4 Å². The maximum absolute atomic E-state index is 9.57. The van der Waals surface area contributed by atoms with Crippen molar-refractivity contribution in [3.8, 4) is 6.07 Å². The summed E-state index contributed by atoms with van der Waals surface area (Å²) < 4.78 is 4.88. The molecule has 0 spiro atoms. The van der Waals surface area contributed by atoms with Crippen molar-refractivity contribution < 1.29 is 9.84 Å². The number of benzene rings is 1. The van der Waals surface area contributed by atoms with Gasteiger partial charge in [0, 0.05) is 19.7 Å². The van der Waals surface area contributed by atoms with E-state index in [1.165, 1.54) is 0 Å². The highest BCUT2D eigenvalue weighted by molar-refractivity contribution is 5.36. The number of ether oxygens (including phenoxy) is 1. The smallest absolute Gasteiger partial charge is 0.0897 e. The molecule has 102 valence electrons. The van der Waals surface area contributed by atoms with Crippen molar-refractivity contribution >= 4 is 0 Å². The minimum atomic E-state index is -0.487. The van der Waals surface area contributed by atoms with E-state index in [1.807, 2.05) is 30.3 Å². The van der Waals surface area contributed by atoms with Crippen LogP contribution in [-0.2, 0) is 10.2 Å². The number of hydrogen-bond acceptors (Lipinski definition) is 4. The van der Waals surface area contributed by atoms with Crippen LogP contribution in [0.25, 0.3) is 0 Å². The van der Waals surface area contributed by atoms with Crippen molar-refractivity contribution in [2.45, 2.75) is 30.4 Å².